The van der Waals surface area contributed by atoms with Crippen molar-refractivity contribution >= 4 is 44.8 Å². The number of aryl methyl sites for hydroxylation is 1. The van der Waals surface area contributed by atoms with Crippen molar-refractivity contribution in [3.63, 3.8) is 0 Å². The number of carbonyl (C=O) groups is 2. The quantitative estimate of drug-likeness (QED) is 0.869. The second-order valence-electron chi connectivity index (χ2n) is 6.25. The molecule has 2 aromatic rings. The molecule has 0 unspecified atom stereocenters. The minimum Gasteiger partial charge on any atom is -0.322 e. The summed E-state index contributed by atoms with van der Waals surface area (Å²) in [6.07, 6.45) is 0. The minimum atomic E-state index is -3.66. The molecule has 0 radical (unpaired) electrons. The van der Waals surface area contributed by atoms with Gasteiger partial charge in [-0.3, -0.25) is 9.59 Å². The third-order valence-electron chi connectivity index (χ3n) is 4.15. The van der Waals surface area contributed by atoms with E-state index in [4.69, 9.17) is 11.6 Å². The third kappa shape index (κ3) is 3.45. The number of carbonyl (C=O) groups excluding carboxylic acids is 2. The van der Waals surface area contributed by atoms with Crippen LogP contribution < -0.4 is 9.62 Å². The zero-order valence-electron chi connectivity index (χ0n) is 14.2. The number of hydrogen-bond donors (Lipinski definition) is 1. The average Bonchev–Trinajstić information content (AvgIpc) is 2.78. The number of nitrogens with zero attached hydrogens (tertiary/aromatic N) is 1. The van der Waals surface area contributed by atoms with Crippen molar-refractivity contribution in [3.05, 3.63) is 58.6 Å². The van der Waals surface area contributed by atoms with Gasteiger partial charge in [0.05, 0.1) is 17.4 Å². The number of anilines is 2. The molecule has 0 saturated carbocycles. The van der Waals surface area contributed by atoms with Crippen LogP contribution in [-0.2, 0) is 14.8 Å². The van der Waals surface area contributed by atoms with Crippen molar-refractivity contribution in [2.45, 2.75) is 13.8 Å². The fourth-order valence-corrected chi connectivity index (χ4v) is 4.71. The zero-order chi connectivity index (χ0) is 19.1. The molecule has 2 aromatic carbocycles. The number of sulfonamides is 1. The lowest BCUT2D eigenvalue weighted by atomic mass is 10.1. The second-order valence-corrected chi connectivity index (χ2v) is 8.52. The van der Waals surface area contributed by atoms with E-state index in [-0.39, 0.29) is 17.3 Å². The van der Waals surface area contributed by atoms with Crippen molar-refractivity contribution in [1.82, 2.24) is 0 Å². The van der Waals surface area contributed by atoms with E-state index in [0.29, 0.717) is 16.3 Å². The summed E-state index contributed by atoms with van der Waals surface area (Å²) in [7, 11) is -3.66. The monoisotopic (exact) mass is 392 g/mol. The first-order chi connectivity index (χ1) is 12.2. The first kappa shape index (κ1) is 18.4. The smallest absolute Gasteiger partial charge is 0.255 e. The molecular formula is C18H17ClN2O4S. The highest BCUT2D eigenvalue weighted by Crippen LogP contribution is 2.28. The van der Waals surface area contributed by atoms with Crippen LogP contribution in [0.15, 0.2) is 42.5 Å². The van der Waals surface area contributed by atoms with Gasteiger partial charge in [0.15, 0.2) is 0 Å². The standard InChI is InChI=1S/C18H17ClN2O4S/c1-11-3-6-14(9-16(11)19)20-17(22)13-4-7-15(8-5-13)21-18(23)12(2)10-26(21,24)25/h3-9,12H,10H2,1-2H3,(H,20,22)/t12-/m0/s1. The minimum absolute atomic E-state index is 0.206. The lowest BCUT2D eigenvalue weighted by Gasteiger charge is -2.15. The normalized spacial score (nSPS) is 18.8. The predicted octanol–water partition coefficient (Wildman–Crippen LogP) is 3.21. The Morgan fingerprint density at radius 2 is 1.85 bits per heavy atom. The number of nitrogens with one attached hydrogen (secondary N) is 1. The second kappa shape index (κ2) is 6.74. The van der Waals surface area contributed by atoms with E-state index in [1.54, 1.807) is 25.1 Å². The van der Waals surface area contributed by atoms with Gasteiger partial charge in [0.25, 0.3) is 5.91 Å². The Hall–Kier alpha value is -2.38. The molecule has 0 aliphatic carbocycles. The highest BCUT2D eigenvalue weighted by molar-refractivity contribution is 7.94. The predicted molar refractivity (Wildman–Crippen MR) is 101 cm³/mol. The van der Waals surface area contributed by atoms with Gasteiger partial charge in [-0.1, -0.05) is 24.6 Å². The van der Waals surface area contributed by atoms with Gasteiger partial charge in [-0.05, 0) is 48.9 Å². The Bertz CT molecular complexity index is 987. The highest BCUT2D eigenvalue weighted by atomic mass is 35.5. The summed E-state index contributed by atoms with van der Waals surface area (Å²) in [6.45, 7) is 3.44. The Labute approximate surface area is 156 Å². The van der Waals surface area contributed by atoms with E-state index in [2.05, 4.69) is 5.32 Å². The Kier molecular flexibility index (Phi) is 4.77. The van der Waals surface area contributed by atoms with E-state index < -0.39 is 21.8 Å². The maximum absolute atomic E-state index is 12.3. The van der Waals surface area contributed by atoms with Crippen molar-refractivity contribution in [3.8, 4) is 0 Å². The van der Waals surface area contributed by atoms with E-state index in [9.17, 15) is 18.0 Å². The first-order valence-corrected chi connectivity index (χ1v) is 9.92. The molecule has 1 atom stereocenters. The maximum atomic E-state index is 12.3. The Morgan fingerprint density at radius 3 is 2.38 bits per heavy atom. The van der Waals surface area contributed by atoms with E-state index in [1.165, 1.54) is 24.3 Å². The van der Waals surface area contributed by atoms with E-state index in [0.717, 1.165) is 9.87 Å². The average molecular weight is 393 g/mol. The van der Waals surface area contributed by atoms with Crippen LogP contribution in [-0.4, -0.2) is 26.0 Å². The van der Waals surface area contributed by atoms with Crippen LogP contribution in [0, 0.1) is 12.8 Å². The van der Waals surface area contributed by atoms with Crippen LogP contribution >= 0.6 is 11.6 Å². The van der Waals surface area contributed by atoms with Gasteiger partial charge in [0, 0.05) is 16.3 Å². The molecular weight excluding hydrogens is 376 g/mol. The van der Waals surface area contributed by atoms with Gasteiger partial charge < -0.3 is 5.32 Å². The van der Waals surface area contributed by atoms with Crippen molar-refractivity contribution in [2.75, 3.05) is 15.4 Å². The van der Waals surface area contributed by atoms with Crippen LogP contribution in [0.25, 0.3) is 0 Å². The van der Waals surface area contributed by atoms with Crippen LogP contribution in [0.3, 0.4) is 0 Å². The largest absolute Gasteiger partial charge is 0.322 e. The fraction of sp³-hybridized carbons (Fsp3) is 0.222. The molecule has 0 spiro atoms. The van der Waals surface area contributed by atoms with Crippen LogP contribution in [0.4, 0.5) is 11.4 Å². The zero-order valence-corrected chi connectivity index (χ0v) is 15.8. The number of halogens is 1. The molecule has 136 valence electrons. The molecule has 8 heteroatoms. The Balaban J connectivity index is 1.80. The molecule has 1 aliphatic heterocycles. The summed E-state index contributed by atoms with van der Waals surface area (Å²) in [5, 5.41) is 3.27. The van der Waals surface area contributed by atoms with Crippen molar-refractivity contribution in [1.29, 1.82) is 0 Å². The van der Waals surface area contributed by atoms with Crippen molar-refractivity contribution < 1.29 is 18.0 Å². The van der Waals surface area contributed by atoms with Crippen LogP contribution in [0.2, 0.25) is 5.02 Å². The molecule has 0 bridgehead atoms. The molecule has 26 heavy (non-hydrogen) atoms. The highest BCUT2D eigenvalue weighted by Gasteiger charge is 2.41. The molecule has 3 rings (SSSR count). The van der Waals surface area contributed by atoms with Crippen LogP contribution in [0.1, 0.15) is 22.8 Å². The third-order valence-corrected chi connectivity index (χ3v) is 6.43. The number of rotatable bonds is 3. The van der Waals surface area contributed by atoms with Gasteiger partial charge in [0.2, 0.25) is 15.9 Å². The SMILES string of the molecule is Cc1ccc(NC(=O)c2ccc(N3C(=O)[C@@H](C)CS3(=O)=O)cc2)cc1Cl. The molecule has 1 aliphatic rings. The van der Waals surface area contributed by atoms with E-state index in [1.807, 2.05) is 6.92 Å². The van der Waals surface area contributed by atoms with Crippen LogP contribution in [0.5, 0.6) is 0 Å². The maximum Gasteiger partial charge on any atom is 0.255 e. The molecule has 1 fully saturated rings. The van der Waals surface area contributed by atoms with Gasteiger partial charge in [-0.15, -0.1) is 0 Å². The molecule has 6 nitrogen and oxygen atoms in total. The summed E-state index contributed by atoms with van der Waals surface area (Å²) in [6, 6.07) is 11.0. The molecule has 0 aromatic heterocycles. The van der Waals surface area contributed by atoms with Gasteiger partial charge >= 0.3 is 0 Å². The topological polar surface area (TPSA) is 83.6 Å². The molecule has 1 heterocycles. The summed E-state index contributed by atoms with van der Waals surface area (Å²) >= 11 is 6.04. The Morgan fingerprint density at radius 1 is 1.19 bits per heavy atom. The van der Waals surface area contributed by atoms with Gasteiger partial charge in [-0.2, -0.15) is 0 Å². The number of hydrogen-bond acceptors (Lipinski definition) is 4. The summed E-state index contributed by atoms with van der Waals surface area (Å²) in [5.74, 6) is -1.60. The fourth-order valence-electron chi connectivity index (χ4n) is 2.71. The first-order valence-electron chi connectivity index (χ1n) is 7.93. The summed E-state index contributed by atoms with van der Waals surface area (Å²) < 4.78 is 25.0. The lowest BCUT2D eigenvalue weighted by molar-refractivity contribution is -0.119. The van der Waals surface area contributed by atoms with Gasteiger partial charge in [-0.25, -0.2) is 12.7 Å². The van der Waals surface area contributed by atoms with Crippen molar-refractivity contribution in [2.24, 2.45) is 5.92 Å². The lowest BCUT2D eigenvalue weighted by Crippen LogP contribution is -2.30. The van der Waals surface area contributed by atoms with E-state index >= 15 is 0 Å². The molecule has 2 amide bonds. The van der Waals surface area contributed by atoms with Gasteiger partial charge in [0.1, 0.15) is 0 Å². The summed E-state index contributed by atoms with van der Waals surface area (Å²) in [4.78, 5) is 24.4. The molecule has 1 N–H and O–H groups in total. The molecule has 1 saturated heterocycles. The summed E-state index contributed by atoms with van der Waals surface area (Å²) in [5.41, 5.74) is 2.03. The number of benzene rings is 2. The number of amides is 2.